The molecular formula is C14H19FN2O3. The van der Waals surface area contributed by atoms with Crippen molar-refractivity contribution in [3.8, 4) is 5.75 Å². The average molecular weight is 282 g/mol. The first kappa shape index (κ1) is 14.7. The summed E-state index contributed by atoms with van der Waals surface area (Å²) in [6.45, 7) is 5.17. The maximum absolute atomic E-state index is 13.2. The first-order valence-electron chi connectivity index (χ1n) is 6.64. The fourth-order valence-electron chi connectivity index (χ4n) is 2.37. The highest BCUT2D eigenvalue weighted by Gasteiger charge is 2.25. The molecule has 0 aromatic heterocycles. The Bertz CT molecular complexity index is 487. The minimum atomic E-state index is -0.806. The van der Waals surface area contributed by atoms with E-state index in [4.69, 9.17) is 10.2 Å². The molecular weight excluding hydrogens is 263 g/mol. The van der Waals surface area contributed by atoms with E-state index in [0.29, 0.717) is 19.6 Å². The number of benzene rings is 1. The van der Waals surface area contributed by atoms with E-state index in [-0.39, 0.29) is 5.75 Å². The summed E-state index contributed by atoms with van der Waals surface area (Å²) in [5.41, 5.74) is 0.806. The number of aliphatic carboxylic acids is 1. The van der Waals surface area contributed by atoms with Crippen LogP contribution in [-0.4, -0.2) is 58.2 Å². The second kappa shape index (κ2) is 6.19. The molecule has 0 radical (unpaired) electrons. The minimum absolute atomic E-state index is 0.339. The third-order valence-corrected chi connectivity index (χ3v) is 3.73. The number of nitrogens with zero attached hydrogens (tertiary/aromatic N) is 2. The molecule has 1 aromatic rings. The van der Waals surface area contributed by atoms with Crippen LogP contribution in [0.5, 0.6) is 5.75 Å². The molecule has 1 aromatic carbocycles. The van der Waals surface area contributed by atoms with E-state index in [9.17, 15) is 9.18 Å². The standard InChI is InChI=1S/C14H19FN2O3/c1-10(14(19)20)17-6-4-16(5-7-17)9-11-2-3-13(18)12(15)8-11/h2-3,8,10,18H,4-7,9H2,1H3,(H,19,20). The second-order valence-corrected chi connectivity index (χ2v) is 5.11. The normalized spacial score (nSPS) is 18.9. The number of phenolic OH excluding ortho intramolecular Hbond substituents is 1. The zero-order valence-electron chi connectivity index (χ0n) is 11.4. The summed E-state index contributed by atoms with van der Waals surface area (Å²) in [6.07, 6.45) is 0. The van der Waals surface area contributed by atoms with Crippen LogP contribution in [0.25, 0.3) is 0 Å². The lowest BCUT2D eigenvalue weighted by Gasteiger charge is -2.36. The topological polar surface area (TPSA) is 64.0 Å². The molecule has 2 rings (SSSR count). The van der Waals surface area contributed by atoms with Gasteiger partial charge in [0.05, 0.1) is 0 Å². The van der Waals surface area contributed by atoms with Crippen LogP contribution in [0.15, 0.2) is 18.2 Å². The van der Waals surface area contributed by atoms with Gasteiger partial charge in [-0.3, -0.25) is 14.6 Å². The minimum Gasteiger partial charge on any atom is -0.505 e. The lowest BCUT2D eigenvalue weighted by Crippen LogP contribution is -2.51. The molecule has 1 atom stereocenters. The third-order valence-electron chi connectivity index (χ3n) is 3.73. The average Bonchev–Trinajstić information content (AvgIpc) is 2.43. The largest absolute Gasteiger partial charge is 0.505 e. The Balaban J connectivity index is 1.88. The Morgan fingerprint density at radius 1 is 1.35 bits per heavy atom. The molecule has 1 fully saturated rings. The van der Waals surface area contributed by atoms with Gasteiger partial charge in [0.15, 0.2) is 11.6 Å². The molecule has 1 unspecified atom stereocenters. The Kier molecular flexibility index (Phi) is 4.57. The van der Waals surface area contributed by atoms with E-state index in [1.807, 2.05) is 4.90 Å². The van der Waals surface area contributed by atoms with Crippen molar-refractivity contribution in [1.82, 2.24) is 9.80 Å². The van der Waals surface area contributed by atoms with Crippen LogP contribution in [0.1, 0.15) is 12.5 Å². The number of carbonyl (C=O) groups is 1. The van der Waals surface area contributed by atoms with Gasteiger partial charge in [0.1, 0.15) is 6.04 Å². The van der Waals surface area contributed by atoms with Crippen molar-refractivity contribution < 1.29 is 19.4 Å². The number of carboxylic acids is 1. The molecule has 20 heavy (non-hydrogen) atoms. The van der Waals surface area contributed by atoms with Crippen molar-refractivity contribution >= 4 is 5.97 Å². The van der Waals surface area contributed by atoms with Crippen molar-refractivity contribution in [1.29, 1.82) is 0 Å². The van der Waals surface area contributed by atoms with Crippen LogP contribution in [0, 0.1) is 5.82 Å². The van der Waals surface area contributed by atoms with Crippen LogP contribution in [-0.2, 0) is 11.3 Å². The number of aromatic hydroxyl groups is 1. The van der Waals surface area contributed by atoms with Gasteiger partial charge in [-0.15, -0.1) is 0 Å². The second-order valence-electron chi connectivity index (χ2n) is 5.11. The third kappa shape index (κ3) is 3.46. The highest BCUT2D eigenvalue weighted by Crippen LogP contribution is 2.18. The van der Waals surface area contributed by atoms with E-state index in [1.165, 1.54) is 12.1 Å². The quantitative estimate of drug-likeness (QED) is 0.866. The summed E-state index contributed by atoms with van der Waals surface area (Å²) in [6, 6.07) is 3.92. The molecule has 110 valence electrons. The van der Waals surface area contributed by atoms with Gasteiger partial charge in [0, 0.05) is 32.7 Å². The number of rotatable bonds is 4. The van der Waals surface area contributed by atoms with Crippen LogP contribution in [0.3, 0.4) is 0 Å². The Hall–Kier alpha value is -1.66. The summed E-state index contributed by atoms with van der Waals surface area (Å²) in [4.78, 5) is 15.0. The van der Waals surface area contributed by atoms with E-state index in [0.717, 1.165) is 18.7 Å². The highest BCUT2D eigenvalue weighted by molar-refractivity contribution is 5.72. The molecule has 0 amide bonds. The number of piperazine rings is 1. The molecule has 2 N–H and O–H groups in total. The Labute approximate surface area is 117 Å². The van der Waals surface area contributed by atoms with E-state index in [1.54, 1.807) is 13.0 Å². The highest BCUT2D eigenvalue weighted by atomic mass is 19.1. The molecule has 0 spiro atoms. The molecule has 5 nitrogen and oxygen atoms in total. The van der Waals surface area contributed by atoms with Gasteiger partial charge in [-0.25, -0.2) is 4.39 Å². The molecule has 1 heterocycles. The summed E-state index contributed by atoms with van der Waals surface area (Å²) in [7, 11) is 0. The molecule has 6 heteroatoms. The molecule has 1 saturated heterocycles. The maximum atomic E-state index is 13.2. The van der Waals surface area contributed by atoms with Crippen molar-refractivity contribution in [3.05, 3.63) is 29.6 Å². The van der Waals surface area contributed by atoms with E-state index < -0.39 is 17.8 Å². The van der Waals surface area contributed by atoms with Crippen molar-refractivity contribution in [2.24, 2.45) is 0 Å². The van der Waals surface area contributed by atoms with Crippen LogP contribution < -0.4 is 0 Å². The lowest BCUT2D eigenvalue weighted by molar-refractivity contribution is -0.143. The van der Waals surface area contributed by atoms with Crippen LogP contribution in [0.2, 0.25) is 0 Å². The van der Waals surface area contributed by atoms with Gasteiger partial charge < -0.3 is 10.2 Å². The summed E-state index contributed by atoms with van der Waals surface area (Å²) in [5, 5.41) is 18.1. The first-order chi connectivity index (χ1) is 9.47. The predicted molar refractivity (Wildman–Crippen MR) is 72.0 cm³/mol. The van der Waals surface area contributed by atoms with Crippen LogP contribution >= 0.6 is 0 Å². The number of halogens is 1. The summed E-state index contributed by atoms with van der Waals surface area (Å²) in [5.74, 6) is -1.76. The van der Waals surface area contributed by atoms with Crippen molar-refractivity contribution in [2.75, 3.05) is 26.2 Å². The first-order valence-corrected chi connectivity index (χ1v) is 6.64. The van der Waals surface area contributed by atoms with Gasteiger partial charge in [-0.05, 0) is 24.6 Å². The molecule has 1 aliphatic rings. The van der Waals surface area contributed by atoms with E-state index >= 15 is 0 Å². The molecule has 0 bridgehead atoms. The van der Waals surface area contributed by atoms with Gasteiger partial charge in [-0.1, -0.05) is 6.07 Å². The molecule has 0 aliphatic carbocycles. The monoisotopic (exact) mass is 282 g/mol. The van der Waals surface area contributed by atoms with Gasteiger partial charge in [0.25, 0.3) is 0 Å². The van der Waals surface area contributed by atoms with Crippen LogP contribution in [0.4, 0.5) is 4.39 Å². The smallest absolute Gasteiger partial charge is 0.320 e. The lowest BCUT2D eigenvalue weighted by atomic mass is 10.1. The zero-order chi connectivity index (χ0) is 14.7. The fraction of sp³-hybridized carbons (Fsp3) is 0.500. The maximum Gasteiger partial charge on any atom is 0.320 e. The fourth-order valence-corrected chi connectivity index (χ4v) is 2.37. The Morgan fingerprint density at radius 3 is 2.55 bits per heavy atom. The zero-order valence-corrected chi connectivity index (χ0v) is 11.4. The van der Waals surface area contributed by atoms with Crippen molar-refractivity contribution in [2.45, 2.75) is 19.5 Å². The summed E-state index contributed by atoms with van der Waals surface area (Å²) < 4.78 is 13.2. The number of phenols is 1. The number of hydrogen-bond donors (Lipinski definition) is 2. The number of hydrogen-bond acceptors (Lipinski definition) is 4. The summed E-state index contributed by atoms with van der Waals surface area (Å²) >= 11 is 0. The van der Waals surface area contributed by atoms with Gasteiger partial charge in [0.2, 0.25) is 0 Å². The van der Waals surface area contributed by atoms with Gasteiger partial charge >= 0.3 is 5.97 Å². The SMILES string of the molecule is CC(C(=O)O)N1CCN(Cc2ccc(O)c(F)c2)CC1. The predicted octanol–water partition coefficient (Wildman–Crippen LogP) is 1.12. The van der Waals surface area contributed by atoms with Gasteiger partial charge in [-0.2, -0.15) is 0 Å². The molecule has 0 saturated carbocycles. The number of carboxylic acid groups (broad SMARTS) is 1. The van der Waals surface area contributed by atoms with Crippen molar-refractivity contribution in [3.63, 3.8) is 0 Å². The molecule has 1 aliphatic heterocycles. The Morgan fingerprint density at radius 2 is 2.00 bits per heavy atom. The van der Waals surface area contributed by atoms with E-state index in [2.05, 4.69) is 4.90 Å².